The van der Waals surface area contributed by atoms with Crippen LogP contribution < -0.4 is 5.32 Å². The Morgan fingerprint density at radius 2 is 1.29 bits per heavy atom. The van der Waals surface area contributed by atoms with E-state index in [4.69, 9.17) is 9.81 Å². The molecule has 2 saturated carbocycles. The molecule has 3 aliphatic carbocycles. The number of nitrogens with one attached hydrogen (secondary N) is 1. The molecule has 6 aliphatic rings. The Morgan fingerprint density at radius 1 is 0.786 bits per heavy atom. The molecule has 244 valence electrons. The number of likely N-dealkylation sites (tertiary alicyclic amines) is 2. The number of allylic oxidation sites excluding steroid dienone is 2. The molecule has 1 unspecified atom stereocenters. The predicted octanol–water partition coefficient (Wildman–Crippen LogP) is 7.10. The Bertz CT molecular complexity index is 774. The maximum atomic E-state index is 10.5. The molecule has 0 aromatic rings. The van der Waals surface area contributed by atoms with E-state index in [1.165, 1.54) is 142 Å². The second kappa shape index (κ2) is 26.2. The van der Waals surface area contributed by atoms with E-state index in [2.05, 4.69) is 25.5 Å². The van der Waals surface area contributed by atoms with E-state index in [1.54, 1.807) is 5.70 Å². The molecule has 0 aromatic carbocycles. The summed E-state index contributed by atoms with van der Waals surface area (Å²) in [4.78, 5) is 15.8. The molecule has 0 spiro atoms. The Kier molecular flexibility index (Phi) is 24.9. The van der Waals surface area contributed by atoms with Crippen LogP contribution in [0.25, 0.3) is 0 Å². The molecular formula is C32H63MgN3O5S. The molecule has 42 heavy (non-hydrogen) atoms. The topological polar surface area (TPSA) is 102 Å². The maximum absolute atomic E-state index is 10.5. The fraction of sp³-hybridized carbons (Fsp3) is 0.906. The summed E-state index contributed by atoms with van der Waals surface area (Å²) in [6.45, 7) is 11.9. The third-order valence-corrected chi connectivity index (χ3v) is 9.04. The Hall–Kier alpha value is -0.0738. The molecule has 5 fully saturated rings. The number of ketones is 1. The van der Waals surface area contributed by atoms with Gasteiger partial charge in [-0.05, 0) is 116 Å². The number of carbonyl (C=O) groups excluding carboxylic acids is 1. The molecule has 1 atom stereocenters. The van der Waals surface area contributed by atoms with Gasteiger partial charge < -0.3 is 15.1 Å². The van der Waals surface area contributed by atoms with Crippen LogP contribution in [0, 0.1) is 0 Å². The van der Waals surface area contributed by atoms with Crippen molar-refractivity contribution in [3.05, 3.63) is 11.8 Å². The van der Waals surface area contributed by atoms with Gasteiger partial charge in [0.05, 0.1) is 0 Å². The van der Waals surface area contributed by atoms with Gasteiger partial charge in [0.2, 0.25) is 0 Å². The molecular weight excluding hydrogens is 563 g/mol. The summed E-state index contributed by atoms with van der Waals surface area (Å²) in [5, 5.41) is 10.6. The first-order chi connectivity index (χ1) is 20.4. The second-order valence-corrected chi connectivity index (χ2v) is 15.4. The zero-order chi connectivity index (χ0) is 30.9. The van der Waals surface area contributed by atoms with Crippen LogP contribution in [-0.2, 0) is 16.4 Å². The first-order valence-electron chi connectivity index (χ1n) is 17.2. The van der Waals surface area contributed by atoms with Gasteiger partial charge >= 0.3 is 45.5 Å². The fourth-order valence-electron chi connectivity index (χ4n) is 6.24. The van der Waals surface area contributed by atoms with Gasteiger partial charge in [-0.3, -0.25) is 4.79 Å². The molecule has 8 nitrogen and oxygen atoms in total. The standard InChI is InChI=1S/C10H19N.C10H17N.C6H10O.C4H9N.C2H6.Mg.H2O4S/c2*1-2-6-10(7-3-1)11-8-4-5-9-11;7-6-4-2-1-3-5-6;1-2-4-5-3-1;1-2;;1-4-5(2)3/h10H,1-9H2;6H,1-5,7-9H2;1-5H2;5H,1-4H2;1-2H3;;1H,(H,2,3). The Balaban J connectivity index is 0.000000267. The van der Waals surface area contributed by atoms with Gasteiger partial charge in [0.1, 0.15) is 5.78 Å². The Morgan fingerprint density at radius 3 is 1.69 bits per heavy atom. The zero-order valence-corrected chi connectivity index (χ0v) is 29.4. The van der Waals surface area contributed by atoms with Crippen molar-refractivity contribution in [2.45, 2.75) is 148 Å². The van der Waals surface area contributed by atoms with Gasteiger partial charge in [-0.15, -0.1) is 0 Å². The Labute approximate surface area is 269 Å². The summed E-state index contributed by atoms with van der Waals surface area (Å²) in [6.07, 6.45) is 29.2. The van der Waals surface area contributed by atoms with E-state index in [0.29, 0.717) is 25.6 Å². The van der Waals surface area contributed by atoms with E-state index in [0.717, 1.165) is 31.7 Å². The van der Waals surface area contributed by atoms with E-state index >= 15 is 0 Å². The van der Waals surface area contributed by atoms with Crippen molar-refractivity contribution in [2.75, 3.05) is 39.3 Å². The van der Waals surface area contributed by atoms with Crippen molar-refractivity contribution < 1.29 is 23.1 Å². The SMILES string of the molecule is C1=C(N2CCCC2)CCCC1.C1CCC(N2CCCC2)CC1.C1CCNC1.CC.O=C1CCCCC1.O=[S](O)(=[Mg])OO. The number of rotatable bonds is 3. The number of carbonyl (C=O) groups is 1. The summed E-state index contributed by atoms with van der Waals surface area (Å²) in [7, 11) is -3.33. The van der Waals surface area contributed by atoms with Gasteiger partial charge in [0.25, 0.3) is 0 Å². The molecule has 0 bridgehead atoms. The van der Waals surface area contributed by atoms with Crippen molar-refractivity contribution in [3.8, 4) is 0 Å². The quantitative estimate of drug-likeness (QED) is 0.173. The third-order valence-electron chi connectivity index (χ3n) is 8.50. The van der Waals surface area contributed by atoms with Gasteiger partial charge in [0, 0.05) is 37.7 Å². The molecule has 10 heteroatoms. The van der Waals surface area contributed by atoms with Crippen molar-refractivity contribution in [3.63, 3.8) is 0 Å². The minimum atomic E-state index is -3.33. The predicted molar refractivity (Wildman–Crippen MR) is 177 cm³/mol. The van der Waals surface area contributed by atoms with E-state index in [9.17, 15) is 9.00 Å². The average Bonchev–Trinajstić information content (AvgIpc) is 3.86. The minimum absolute atomic E-state index is 0.464. The normalized spacial score (nSPS) is 24.0. The molecule has 0 radical (unpaired) electrons. The van der Waals surface area contributed by atoms with Crippen LogP contribution in [0.2, 0.25) is 0 Å². The van der Waals surface area contributed by atoms with Gasteiger partial charge in [0.15, 0.2) is 0 Å². The van der Waals surface area contributed by atoms with E-state index in [1.807, 2.05) is 13.8 Å². The molecule has 0 aromatic heterocycles. The zero-order valence-electron chi connectivity index (χ0n) is 27.2. The van der Waals surface area contributed by atoms with Gasteiger partial charge in [-0.1, -0.05) is 45.6 Å². The van der Waals surface area contributed by atoms with Crippen molar-refractivity contribution in [2.24, 2.45) is 0 Å². The molecule has 3 saturated heterocycles. The molecule has 3 heterocycles. The summed E-state index contributed by atoms with van der Waals surface area (Å²) in [5.74, 6) is 0.464. The fourth-order valence-corrected chi connectivity index (χ4v) is 6.24. The molecule has 3 N–H and O–H groups in total. The first-order valence-corrected chi connectivity index (χ1v) is 20.6. The first kappa shape index (κ1) is 40.0. The number of hydrogen-bond donors (Lipinski definition) is 3. The van der Waals surface area contributed by atoms with Crippen LogP contribution in [0.5, 0.6) is 0 Å². The summed E-state index contributed by atoms with van der Waals surface area (Å²) in [5.41, 5.74) is 1.65. The van der Waals surface area contributed by atoms with Crippen LogP contribution in [0.1, 0.15) is 142 Å². The third kappa shape index (κ3) is 20.8. The van der Waals surface area contributed by atoms with Crippen LogP contribution in [0.15, 0.2) is 11.8 Å². The van der Waals surface area contributed by atoms with Crippen molar-refractivity contribution in [1.82, 2.24) is 15.1 Å². The van der Waals surface area contributed by atoms with E-state index in [-0.39, 0.29) is 0 Å². The molecule has 6 rings (SSSR count). The number of nitrogens with zero attached hydrogens (tertiary/aromatic N) is 2. The number of hydrogen-bond acceptors (Lipinski definition) is 7. The monoisotopic (exact) mass is 625 g/mol. The van der Waals surface area contributed by atoms with Crippen LogP contribution in [0.4, 0.5) is 0 Å². The van der Waals surface area contributed by atoms with E-state index < -0.39 is 7.32 Å². The van der Waals surface area contributed by atoms with Crippen LogP contribution in [0.3, 0.4) is 0 Å². The second-order valence-electron chi connectivity index (χ2n) is 11.9. The van der Waals surface area contributed by atoms with Crippen molar-refractivity contribution in [1.29, 1.82) is 0 Å². The summed E-state index contributed by atoms with van der Waals surface area (Å²) >= 11 is 0.671. The molecule has 3 aliphatic heterocycles. The van der Waals surface area contributed by atoms with Gasteiger partial charge in [-0.2, -0.15) is 0 Å². The average molecular weight is 626 g/mol. The van der Waals surface area contributed by atoms with Gasteiger partial charge in [-0.25, -0.2) is 0 Å². The molecule has 0 amide bonds. The summed E-state index contributed by atoms with van der Waals surface area (Å²) < 4.78 is 20.6. The number of Topliss-reactive ketones (excluding diaryl/α,β-unsaturated/α-hetero) is 1. The summed E-state index contributed by atoms with van der Waals surface area (Å²) in [6, 6.07) is 0.978. The van der Waals surface area contributed by atoms with Crippen LogP contribution >= 0.6 is 0 Å². The van der Waals surface area contributed by atoms with Crippen molar-refractivity contribution >= 4 is 32.9 Å². The van der Waals surface area contributed by atoms with Crippen LogP contribution in [-0.4, -0.2) is 94.7 Å².